The van der Waals surface area contributed by atoms with Gasteiger partial charge >= 0.3 is 0 Å². The summed E-state index contributed by atoms with van der Waals surface area (Å²) >= 11 is 0. The monoisotopic (exact) mass is 347 g/mol. The summed E-state index contributed by atoms with van der Waals surface area (Å²) in [6.07, 6.45) is 2.26. The van der Waals surface area contributed by atoms with Crippen LogP contribution in [-0.2, 0) is 16.0 Å². The van der Waals surface area contributed by atoms with Crippen LogP contribution in [0.3, 0.4) is 0 Å². The summed E-state index contributed by atoms with van der Waals surface area (Å²) in [4.78, 5) is 43.5. The predicted molar refractivity (Wildman–Crippen MR) is 92.5 cm³/mol. The lowest BCUT2D eigenvalue weighted by Crippen LogP contribution is -2.49. The number of piperidine rings is 1. The van der Waals surface area contributed by atoms with E-state index < -0.39 is 0 Å². The third-order valence-electron chi connectivity index (χ3n) is 4.91. The van der Waals surface area contributed by atoms with Crippen LogP contribution in [0, 0.1) is 5.92 Å². The van der Waals surface area contributed by atoms with Crippen LogP contribution in [0.5, 0.6) is 0 Å². The van der Waals surface area contributed by atoms with E-state index in [2.05, 4.69) is 4.98 Å². The van der Waals surface area contributed by atoms with Gasteiger partial charge < -0.3 is 19.5 Å². The fourth-order valence-corrected chi connectivity index (χ4v) is 3.50. The van der Waals surface area contributed by atoms with E-state index in [9.17, 15) is 14.4 Å². The lowest BCUT2D eigenvalue weighted by atomic mass is 9.95. The van der Waals surface area contributed by atoms with E-state index in [0.717, 1.165) is 18.5 Å². The number of carbonyl (C=O) groups is 2. The van der Waals surface area contributed by atoms with Crippen molar-refractivity contribution in [3.05, 3.63) is 33.7 Å². The first kappa shape index (κ1) is 17.7. The van der Waals surface area contributed by atoms with Crippen molar-refractivity contribution in [3.8, 4) is 0 Å². The van der Waals surface area contributed by atoms with Gasteiger partial charge in [-0.25, -0.2) is 0 Å². The van der Waals surface area contributed by atoms with Gasteiger partial charge in [-0.15, -0.1) is 0 Å². The smallest absolute Gasteiger partial charge is 0.254 e. The Morgan fingerprint density at radius 1 is 1.20 bits per heavy atom. The third-order valence-corrected chi connectivity index (χ3v) is 4.91. The molecule has 2 aliphatic heterocycles. The van der Waals surface area contributed by atoms with Crippen LogP contribution in [-0.4, -0.2) is 66.0 Å². The van der Waals surface area contributed by atoms with E-state index >= 15 is 0 Å². The van der Waals surface area contributed by atoms with Crippen molar-refractivity contribution in [2.45, 2.75) is 26.2 Å². The zero-order chi connectivity index (χ0) is 17.8. The lowest BCUT2D eigenvalue weighted by molar-refractivity contribution is -0.141. The summed E-state index contributed by atoms with van der Waals surface area (Å²) in [5.41, 5.74) is 0.884. The van der Waals surface area contributed by atoms with Crippen LogP contribution < -0.4 is 5.56 Å². The van der Waals surface area contributed by atoms with Crippen LogP contribution in [0.4, 0.5) is 0 Å². The van der Waals surface area contributed by atoms with Crippen molar-refractivity contribution >= 4 is 11.8 Å². The summed E-state index contributed by atoms with van der Waals surface area (Å²) in [6.45, 7) is 5.37. The Morgan fingerprint density at radius 3 is 2.68 bits per heavy atom. The van der Waals surface area contributed by atoms with Crippen LogP contribution in [0.1, 0.15) is 35.8 Å². The Balaban J connectivity index is 1.70. The zero-order valence-electron chi connectivity index (χ0n) is 14.6. The molecule has 7 heteroatoms. The number of likely N-dealkylation sites (tertiary alicyclic amines) is 1. The van der Waals surface area contributed by atoms with Crippen molar-refractivity contribution in [1.29, 1.82) is 0 Å². The number of nitrogens with one attached hydrogen (secondary N) is 1. The standard InChI is InChI=1S/C18H25N3O4/c1-2-15-10-14(11-16(22)19-15)18(24)21-5-3-4-13(12-21)17(23)20-6-8-25-9-7-20/h10-11,13H,2-9,12H2,1H3,(H,19,22)/t13-/m1/s1. The van der Waals surface area contributed by atoms with Gasteiger partial charge in [-0.05, 0) is 25.3 Å². The molecule has 1 aromatic rings. The number of aryl methyl sites for hydroxylation is 1. The molecule has 3 rings (SSSR count). The summed E-state index contributed by atoms with van der Waals surface area (Å²) in [7, 11) is 0. The average Bonchev–Trinajstić information content (AvgIpc) is 2.67. The maximum Gasteiger partial charge on any atom is 0.254 e. The van der Waals surface area contributed by atoms with E-state index in [1.54, 1.807) is 11.0 Å². The number of pyridine rings is 1. The quantitative estimate of drug-likeness (QED) is 0.870. The van der Waals surface area contributed by atoms with Gasteiger partial charge in [-0.2, -0.15) is 0 Å². The molecule has 7 nitrogen and oxygen atoms in total. The minimum atomic E-state index is -0.263. The van der Waals surface area contributed by atoms with Gasteiger partial charge in [0, 0.05) is 43.5 Å². The van der Waals surface area contributed by atoms with Gasteiger partial charge in [0.25, 0.3) is 5.91 Å². The zero-order valence-corrected chi connectivity index (χ0v) is 14.6. The molecule has 3 heterocycles. The molecule has 1 N–H and O–H groups in total. The van der Waals surface area contributed by atoms with E-state index in [-0.39, 0.29) is 23.3 Å². The number of rotatable bonds is 3. The van der Waals surface area contributed by atoms with Gasteiger partial charge in [0.05, 0.1) is 19.1 Å². The fourth-order valence-electron chi connectivity index (χ4n) is 3.50. The second-order valence-electron chi connectivity index (χ2n) is 6.64. The molecule has 0 bridgehead atoms. The molecule has 2 saturated heterocycles. The molecule has 2 aliphatic rings. The highest BCUT2D eigenvalue weighted by Crippen LogP contribution is 2.21. The summed E-state index contributed by atoms with van der Waals surface area (Å²) in [5.74, 6) is -0.218. The van der Waals surface area contributed by atoms with Crippen LogP contribution in [0.25, 0.3) is 0 Å². The highest BCUT2D eigenvalue weighted by molar-refractivity contribution is 5.94. The molecule has 25 heavy (non-hydrogen) atoms. The van der Waals surface area contributed by atoms with E-state index in [1.165, 1.54) is 6.07 Å². The number of morpholine rings is 1. The number of aromatic amines is 1. The van der Waals surface area contributed by atoms with E-state index in [4.69, 9.17) is 4.74 Å². The number of hydrogen-bond acceptors (Lipinski definition) is 4. The van der Waals surface area contributed by atoms with E-state index in [1.807, 2.05) is 11.8 Å². The Bertz CT molecular complexity index is 694. The second-order valence-corrected chi connectivity index (χ2v) is 6.64. The minimum Gasteiger partial charge on any atom is -0.378 e. The molecule has 0 radical (unpaired) electrons. The van der Waals surface area contributed by atoms with Crippen LogP contribution >= 0.6 is 0 Å². The van der Waals surface area contributed by atoms with Crippen molar-refractivity contribution in [2.24, 2.45) is 5.92 Å². The Morgan fingerprint density at radius 2 is 1.96 bits per heavy atom. The molecule has 0 unspecified atom stereocenters. The third kappa shape index (κ3) is 4.10. The Hall–Kier alpha value is -2.15. The summed E-state index contributed by atoms with van der Waals surface area (Å²) < 4.78 is 5.30. The maximum atomic E-state index is 12.8. The summed E-state index contributed by atoms with van der Waals surface area (Å²) in [5, 5.41) is 0. The topological polar surface area (TPSA) is 82.7 Å². The molecule has 0 saturated carbocycles. The maximum absolute atomic E-state index is 12.8. The first-order valence-electron chi connectivity index (χ1n) is 8.97. The number of amides is 2. The number of H-pyrrole nitrogens is 1. The fraction of sp³-hybridized carbons (Fsp3) is 0.611. The summed E-state index contributed by atoms with van der Waals surface area (Å²) in [6, 6.07) is 3.08. The number of hydrogen-bond donors (Lipinski definition) is 1. The van der Waals surface area contributed by atoms with Crippen molar-refractivity contribution in [2.75, 3.05) is 39.4 Å². The highest BCUT2D eigenvalue weighted by Gasteiger charge is 2.32. The number of carbonyl (C=O) groups excluding carboxylic acids is 2. The van der Waals surface area contributed by atoms with E-state index in [0.29, 0.717) is 51.4 Å². The van der Waals surface area contributed by atoms with Crippen LogP contribution in [0.15, 0.2) is 16.9 Å². The first-order chi connectivity index (χ1) is 12.1. The highest BCUT2D eigenvalue weighted by atomic mass is 16.5. The molecule has 0 spiro atoms. The average molecular weight is 347 g/mol. The number of ether oxygens (including phenoxy) is 1. The molecule has 0 aromatic carbocycles. The van der Waals surface area contributed by atoms with Gasteiger partial charge in [-0.1, -0.05) is 6.92 Å². The van der Waals surface area contributed by atoms with Gasteiger partial charge in [0.15, 0.2) is 0 Å². The molecule has 136 valence electrons. The molecule has 2 fully saturated rings. The molecule has 0 aliphatic carbocycles. The molecule has 1 aromatic heterocycles. The van der Waals surface area contributed by atoms with Gasteiger partial charge in [-0.3, -0.25) is 14.4 Å². The Kier molecular flexibility index (Phi) is 5.53. The lowest BCUT2D eigenvalue weighted by Gasteiger charge is -2.36. The molecule has 1 atom stereocenters. The normalized spacial score (nSPS) is 21.2. The van der Waals surface area contributed by atoms with Crippen LogP contribution in [0.2, 0.25) is 0 Å². The predicted octanol–water partition coefficient (Wildman–Crippen LogP) is 0.648. The largest absolute Gasteiger partial charge is 0.378 e. The molecular weight excluding hydrogens is 322 g/mol. The molecule has 2 amide bonds. The number of nitrogens with zero attached hydrogens (tertiary/aromatic N) is 2. The SMILES string of the molecule is CCc1cc(C(=O)N2CCC[C@@H](C(=O)N3CCOCC3)C2)cc(=O)[nH]1. The molecular formula is C18H25N3O4. The van der Waals surface area contributed by atoms with Crippen molar-refractivity contribution in [1.82, 2.24) is 14.8 Å². The first-order valence-corrected chi connectivity index (χ1v) is 8.97. The van der Waals surface area contributed by atoms with Gasteiger partial charge in [0.2, 0.25) is 11.5 Å². The minimum absolute atomic E-state index is 0.112. The Labute approximate surface area is 147 Å². The van der Waals surface area contributed by atoms with Crippen molar-refractivity contribution < 1.29 is 14.3 Å². The number of aromatic nitrogens is 1. The van der Waals surface area contributed by atoms with Crippen molar-refractivity contribution in [3.63, 3.8) is 0 Å². The van der Waals surface area contributed by atoms with Gasteiger partial charge in [0.1, 0.15) is 0 Å². The second kappa shape index (κ2) is 7.82.